The Morgan fingerprint density at radius 2 is 0.563 bits per heavy atom. The van der Waals surface area contributed by atoms with Crippen LogP contribution in [0.2, 0.25) is 0 Å². The lowest BCUT2D eigenvalue weighted by Gasteiger charge is -2.30. The number of aryl methyl sites for hydroxylation is 1. The summed E-state index contributed by atoms with van der Waals surface area (Å²) in [6.45, 7) is 23.3. The molecule has 4 aliphatic carbocycles. The summed E-state index contributed by atoms with van der Waals surface area (Å²) in [6.07, 6.45) is 30.1. The number of allylic oxidation sites excluding steroid dienone is 21. The van der Waals surface area contributed by atoms with E-state index in [9.17, 15) is 42.1 Å². The third-order valence-corrected chi connectivity index (χ3v) is 22.4. The van der Waals surface area contributed by atoms with Crippen LogP contribution in [0.25, 0.3) is 24.3 Å². The van der Waals surface area contributed by atoms with Crippen LogP contribution < -0.4 is 48.0 Å². The first kappa shape index (κ1) is 91.8. The first-order valence-electron chi connectivity index (χ1n) is 42.3. The second-order valence-corrected chi connectivity index (χ2v) is 35.0. The van der Waals surface area contributed by atoms with E-state index in [-0.39, 0.29) is 51.8 Å². The van der Waals surface area contributed by atoms with Crippen LogP contribution in [0.1, 0.15) is 132 Å². The van der Waals surface area contributed by atoms with Crippen molar-refractivity contribution in [2.24, 2.45) is 16.2 Å². The van der Waals surface area contributed by atoms with Crippen LogP contribution in [0.4, 0.5) is 22.7 Å². The van der Waals surface area contributed by atoms with Crippen molar-refractivity contribution in [1.82, 2.24) is 0 Å². The first-order valence-corrected chi connectivity index (χ1v) is 42.3. The van der Waals surface area contributed by atoms with Gasteiger partial charge in [0.25, 0.3) is 0 Å². The van der Waals surface area contributed by atoms with Gasteiger partial charge < -0.3 is 48.0 Å². The molecule has 0 radical (unpaired) electrons. The lowest BCUT2D eigenvalue weighted by Crippen LogP contribution is -2.24. The summed E-state index contributed by atoms with van der Waals surface area (Å²) in [7, 11) is 8.14. The van der Waals surface area contributed by atoms with Gasteiger partial charge in [-0.3, -0.25) is 0 Å². The number of benzene rings is 7. The molecule has 11 rings (SSSR count). The number of rotatable bonds is 34. The van der Waals surface area contributed by atoms with Crippen LogP contribution in [0.15, 0.2) is 279 Å². The molecule has 18 nitrogen and oxygen atoms in total. The number of likely N-dealkylation sites (N-methyl/N-ethyl adjacent to an activating group) is 4. The normalized spacial score (nSPS) is 15.0. The fraction of sp³-hybridized carbons (Fsp3) is 0.296. The van der Waals surface area contributed by atoms with Gasteiger partial charge in [0.1, 0.15) is 145 Å². The fourth-order valence-corrected chi connectivity index (χ4v) is 15.9. The van der Waals surface area contributed by atoms with Crippen molar-refractivity contribution in [2.75, 3.05) is 100 Å². The quantitative estimate of drug-likeness (QED) is 0.0268. The van der Waals surface area contributed by atoms with Crippen LogP contribution >= 0.6 is 0 Å². The predicted molar refractivity (Wildman–Crippen MR) is 502 cm³/mol. The minimum atomic E-state index is -0.0801. The Morgan fingerprint density at radius 3 is 0.833 bits per heavy atom. The molecule has 7 aromatic rings. The number of hydrogen-bond donors (Lipinski definition) is 0. The molecule has 126 heavy (non-hydrogen) atoms. The van der Waals surface area contributed by atoms with E-state index < -0.39 is 0 Å². The van der Waals surface area contributed by atoms with Crippen LogP contribution in [-0.4, -0.2) is 80.8 Å². The van der Waals surface area contributed by atoms with Crippen LogP contribution in [0, 0.1) is 114 Å². The van der Waals surface area contributed by atoms with Gasteiger partial charge in [-0.05, 0) is 243 Å². The Kier molecular flexibility index (Phi) is 31.5. The molecule has 0 heterocycles. The van der Waals surface area contributed by atoms with Gasteiger partial charge in [-0.15, -0.1) is 0 Å². The van der Waals surface area contributed by atoms with E-state index in [4.69, 9.17) is 28.4 Å². The zero-order chi connectivity index (χ0) is 89.9. The molecule has 636 valence electrons. The van der Waals surface area contributed by atoms with E-state index in [2.05, 4.69) is 238 Å². The van der Waals surface area contributed by atoms with Crippen LogP contribution in [0.3, 0.4) is 0 Å². The molecule has 0 unspecified atom stereocenters. The van der Waals surface area contributed by atoms with E-state index in [1.54, 1.807) is 0 Å². The number of nitrogens with zero attached hydrogens (tertiary/aromatic N) is 12. The number of nitriles is 8. The Bertz CT molecular complexity index is 5730. The molecule has 0 saturated carbocycles. The Labute approximate surface area is 744 Å². The molecule has 0 N–H and O–H groups in total. The summed E-state index contributed by atoms with van der Waals surface area (Å²) in [4.78, 5) is 8.58. The average Bonchev–Trinajstić information content (AvgIpc) is 0.824. The fourth-order valence-electron chi connectivity index (χ4n) is 15.9. The summed E-state index contributed by atoms with van der Waals surface area (Å²) >= 11 is 0. The maximum atomic E-state index is 9.62. The zero-order valence-electron chi connectivity index (χ0n) is 74.1. The minimum absolute atomic E-state index is 0.0798. The molecule has 0 saturated heterocycles. The van der Waals surface area contributed by atoms with Gasteiger partial charge >= 0.3 is 0 Å². The van der Waals surface area contributed by atoms with E-state index in [1.165, 1.54) is 0 Å². The molecule has 0 bridgehead atoms. The summed E-state index contributed by atoms with van der Waals surface area (Å²) in [5.41, 5.74) is 19.3. The van der Waals surface area contributed by atoms with Gasteiger partial charge in [-0.2, -0.15) is 42.1 Å². The van der Waals surface area contributed by atoms with Gasteiger partial charge in [0.2, 0.25) is 0 Å². The summed E-state index contributed by atoms with van der Waals surface area (Å²) < 4.78 is 39.6. The average molecular weight is 1670 g/mol. The molecule has 0 aliphatic heterocycles. The van der Waals surface area contributed by atoms with Gasteiger partial charge in [-0.25, -0.2) is 0 Å². The lowest BCUT2D eigenvalue weighted by molar-refractivity contribution is 0.282. The van der Waals surface area contributed by atoms with Crippen LogP contribution in [-0.2, 0) is 13.2 Å². The highest BCUT2D eigenvalue weighted by Gasteiger charge is 2.30. The molecule has 7 aromatic carbocycles. The second-order valence-electron chi connectivity index (χ2n) is 35.0. The molecule has 4 aliphatic rings. The third-order valence-electron chi connectivity index (χ3n) is 22.4. The van der Waals surface area contributed by atoms with E-state index in [0.717, 1.165) is 126 Å². The monoisotopic (exact) mass is 1670 g/mol. The van der Waals surface area contributed by atoms with Gasteiger partial charge in [0.05, 0.1) is 26.2 Å². The largest absolute Gasteiger partial charge is 0.492 e. The predicted octanol–water partition coefficient (Wildman–Crippen LogP) is 23.2. The number of hydrogen-bond acceptors (Lipinski definition) is 18. The minimum Gasteiger partial charge on any atom is -0.492 e. The Morgan fingerprint density at radius 1 is 0.317 bits per heavy atom. The smallest absolute Gasteiger partial charge is 0.133 e. The van der Waals surface area contributed by atoms with Gasteiger partial charge in [0, 0.05) is 69.1 Å². The van der Waals surface area contributed by atoms with E-state index >= 15 is 0 Å². The van der Waals surface area contributed by atoms with Crippen molar-refractivity contribution in [3.63, 3.8) is 0 Å². The standard InChI is InChI=1S/C108H108N12O6/c1-76-45-82(49-88(46-76)92(66-109)67-110)17-13-78-21-29-96(30-22-78)117(9)37-41-121-102-53-86(54-103(58-102)122-42-38-118(10)97-31-23-79(24-32-97)14-18-83-50-89(93(68-111)69-112)63-106(3,4)60-83)74-125-100-47-77(2)48-101(57-100)126-75-87-55-104(123-43-39-119(11)98-33-25-80(26-34-98)15-19-84-51-90(94(70-113)71-114)64-107(5,6)61-84)59-105(56-87)124-44-40-120(12)99-35-27-81(28-36-99)16-20-85-52-91(95(72-115)73-116)65-108(7,8)62-85/h13-36,47-59H,1,37-46,60-65,74-75H2,2-12H3/b17-13+,18-14+,19-15+,20-16+. The maximum absolute atomic E-state index is 9.62. The van der Waals surface area contributed by atoms with Crippen molar-refractivity contribution < 1.29 is 28.4 Å². The molecule has 0 amide bonds. The van der Waals surface area contributed by atoms with E-state index in [0.29, 0.717) is 125 Å². The molecule has 0 spiro atoms. The Hall–Kier alpha value is -14.9. The Balaban J connectivity index is 0.764. The number of ether oxygens (including phenoxy) is 6. The molecule has 0 atom stereocenters. The highest BCUT2D eigenvalue weighted by Crippen LogP contribution is 2.43. The topological polar surface area (TPSA) is 259 Å². The summed E-state index contributed by atoms with van der Waals surface area (Å²) in [5, 5.41) is 76.7. The molecular formula is C108H108N12O6. The second kappa shape index (κ2) is 43.2. The lowest BCUT2D eigenvalue weighted by atomic mass is 9.74. The maximum Gasteiger partial charge on any atom is 0.133 e. The molecular weight excluding hydrogens is 1560 g/mol. The van der Waals surface area contributed by atoms with Gasteiger partial charge in [0.15, 0.2) is 0 Å². The van der Waals surface area contributed by atoms with Crippen molar-refractivity contribution in [2.45, 2.75) is 113 Å². The summed E-state index contributed by atoms with van der Waals surface area (Å²) in [6, 6.07) is 67.3. The highest BCUT2D eigenvalue weighted by atomic mass is 16.5. The van der Waals surface area contributed by atoms with Crippen molar-refractivity contribution in [1.29, 1.82) is 42.1 Å². The van der Waals surface area contributed by atoms with Gasteiger partial charge in [-0.1, -0.05) is 175 Å². The first-order chi connectivity index (χ1) is 60.6. The SMILES string of the molecule is C=C1CC(/C=C/c2ccc(N(C)CCOc3cc(COc4cc(C)cc(OCc5cc(OCCN(C)c6ccc(/C=C/C7=CC(=C(C#N)C#N)CC(C)(C)C7)cc6)cc(OCCN(C)c6ccc(/C=C/C7=CC(=C(C#N)C#N)CC(C)(C)C7)cc6)c5)c4)cc(OCCN(C)c4ccc(/C=C/C5=CC(=C(C#N)C#N)CC(C)(C)C5)cc4)c3)cc2)=CC(=C(C#N)C#N)C1. The number of anilines is 4. The third kappa shape index (κ3) is 27.0. The van der Waals surface area contributed by atoms with Crippen molar-refractivity contribution in [3.05, 3.63) is 318 Å². The van der Waals surface area contributed by atoms with Crippen molar-refractivity contribution in [3.8, 4) is 83.1 Å². The summed E-state index contributed by atoms with van der Waals surface area (Å²) in [5.74, 6) is 3.72. The van der Waals surface area contributed by atoms with Crippen molar-refractivity contribution >= 4 is 47.1 Å². The van der Waals surface area contributed by atoms with Crippen LogP contribution in [0.5, 0.6) is 34.5 Å². The van der Waals surface area contributed by atoms with E-state index in [1.807, 2.05) is 138 Å². The highest BCUT2D eigenvalue weighted by molar-refractivity contribution is 5.65. The molecule has 18 heteroatoms. The zero-order valence-corrected chi connectivity index (χ0v) is 74.1. The molecule has 0 fully saturated rings. The molecule has 0 aromatic heterocycles.